The fourth-order valence-electron chi connectivity index (χ4n) is 5.00. The van der Waals surface area contributed by atoms with E-state index in [1.165, 1.54) is 43.4 Å². The zero-order chi connectivity index (χ0) is 24.4. The maximum atomic E-state index is 13.0. The first-order chi connectivity index (χ1) is 17.0. The van der Waals surface area contributed by atoms with Gasteiger partial charge in [0.05, 0.1) is 16.2 Å². The van der Waals surface area contributed by atoms with Crippen molar-refractivity contribution in [1.82, 2.24) is 4.90 Å². The number of carbonyl (C=O) groups is 1. The summed E-state index contributed by atoms with van der Waals surface area (Å²) in [6.45, 7) is 0.900. The number of nitrogens with zero attached hydrogens (tertiary/aromatic N) is 2. The van der Waals surface area contributed by atoms with E-state index in [0.717, 1.165) is 17.8 Å². The van der Waals surface area contributed by atoms with Crippen LogP contribution in [0.5, 0.6) is 0 Å². The summed E-state index contributed by atoms with van der Waals surface area (Å²) in [7, 11) is 2.19. The highest BCUT2D eigenvalue weighted by atomic mass is 16.6. The summed E-state index contributed by atoms with van der Waals surface area (Å²) < 4.78 is 0. The Balaban J connectivity index is 1.48. The quantitative estimate of drug-likeness (QED) is 0.256. The van der Waals surface area contributed by atoms with Gasteiger partial charge in [0.15, 0.2) is 0 Å². The van der Waals surface area contributed by atoms with Gasteiger partial charge in [-0.3, -0.25) is 19.8 Å². The minimum absolute atomic E-state index is 0.0547. The first-order valence-electron chi connectivity index (χ1n) is 12.0. The molecule has 1 saturated carbocycles. The Labute approximate surface area is 204 Å². The number of amides is 1. The van der Waals surface area contributed by atoms with E-state index in [2.05, 4.69) is 34.7 Å². The number of rotatable bonds is 7. The minimum atomic E-state index is -0.447. The first-order valence-corrected chi connectivity index (χ1v) is 12.0. The van der Waals surface area contributed by atoms with Crippen LogP contribution < -0.4 is 10.6 Å². The number of nitro benzene ring substituents is 1. The number of hydrogen-bond donors (Lipinski definition) is 2. The Kier molecular flexibility index (Phi) is 6.33. The van der Waals surface area contributed by atoms with Gasteiger partial charge in [-0.2, -0.15) is 0 Å². The third kappa shape index (κ3) is 4.81. The largest absolute Gasteiger partial charge is 0.354 e. The smallest absolute Gasteiger partial charge is 0.270 e. The van der Waals surface area contributed by atoms with E-state index in [1.807, 2.05) is 42.5 Å². The number of anilines is 2. The maximum Gasteiger partial charge on any atom is 0.270 e. The van der Waals surface area contributed by atoms with E-state index >= 15 is 0 Å². The molecule has 2 N–H and O–H groups in total. The standard InChI is InChI=1S/C28H28N4O3/c1-31(22-9-5-6-10-22)18-19-11-13-21(14-12-19)29-27(20-7-3-2-4-8-20)26-24-17-23(32(34)35)15-16-25(24)30-28(26)33/h2-4,7-8,11-17,22,29H,5-6,9-10,18H2,1H3,(H,30,33)/b27-26-. The molecular formula is C28H28N4O3. The van der Waals surface area contributed by atoms with Gasteiger partial charge in [-0.15, -0.1) is 0 Å². The van der Waals surface area contributed by atoms with Crippen LogP contribution in [0.4, 0.5) is 17.1 Å². The van der Waals surface area contributed by atoms with Crippen molar-refractivity contribution in [3.8, 4) is 0 Å². The molecule has 35 heavy (non-hydrogen) atoms. The molecule has 1 aliphatic heterocycles. The van der Waals surface area contributed by atoms with Crippen molar-refractivity contribution in [3.63, 3.8) is 0 Å². The van der Waals surface area contributed by atoms with Crippen molar-refractivity contribution in [3.05, 3.63) is 99.6 Å². The molecule has 1 amide bonds. The highest BCUT2D eigenvalue weighted by molar-refractivity contribution is 6.37. The van der Waals surface area contributed by atoms with Crippen molar-refractivity contribution < 1.29 is 9.72 Å². The highest BCUT2D eigenvalue weighted by Crippen LogP contribution is 2.39. The molecule has 0 atom stereocenters. The van der Waals surface area contributed by atoms with Crippen LogP contribution in [0.1, 0.15) is 42.4 Å². The molecule has 0 radical (unpaired) electrons. The second-order valence-electron chi connectivity index (χ2n) is 9.23. The third-order valence-electron chi connectivity index (χ3n) is 6.87. The lowest BCUT2D eigenvalue weighted by atomic mass is 9.99. The summed E-state index contributed by atoms with van der Waals surface area (Å²) in [5.41, 5.74) is 4.93. The molecule has 1 aliphatic carbocycles. The van der Waals surface area contributed by atoms with Gasteiger partial charge in [-0.05, 0) is 49.2 Å². The number of fused-ring (bicyclic) bond motifs is 1. The highest BCUT2D eigenvalue weighted by Gasteiger charge is 2.30. The predicted molar refractivity (Wildman–Crippen MR) is 139 cm³/mol. The first kappa shape index (κ1) is 22.8. The summed E-state index contributed by atoms with van der Waals surface area (Å²) in [5.74, 6) is -0.290. The molecule has 0 saturated heterocycles. The average Bonchev–Trinajstić information content (AvgIpc) is 3.51. The topological polar surface area (TPSA) is 87.5 Å². The summed E-state index contributed by atoms with van der Waals surface area (Å²) in [6, 6.07) is 22.9. The molecule has 3 aromatic rings. The number of hydrogen-bond acceptors (Lipinski definition) is 5. The normalized spacial score (nSPS) is 16.8. The molecule has 5 rings (SSSR count). The molecule has 0 unspecified atom stereocenters. The lowest BCUT2D eigenvalue weighted by Crippen LogP contribution is -2.28. The van der Waals surface area contributed by atoms with Crippen molar-refractivity contribution in [1.29, 1.82) is 0 Å². The van der Waals surface area contributed by atoms with Crippen LogP contribution in [0, 0.1) is 10.1 Å². The van der Waals surface area contributed by atoms with Crippen molar-refractivity contribution in [2.45, 2.75) is 38.3 Å². The molecule has 2 aliphatic rings. The van der Waals surface area contributed by atoms with Gasteiger partial charge in [0.25, 0.3) is 11.6 Å². The Hall–Kier alpha value is -3.97. The summed E-state index contributed by atoms with van der Waals surface area (Å²) in [5, 5.41) is 17.6. The molecule has 0 aromatic heterocycles. The zero-order valence-corrected chi connectivity index (χ0v) is 19.7. The van der Waals surface area contributed by atoms with Crippen LogP contribution in [0.15, 0.2) is 72.8 Å². The van der Waals surface area contributed by atoms with Crippen LogP contribution in [-0.2, 0) is 11.3 Å². The second kappa shape index (κ2) is 9.72. The Morgan fingerprint density at radius 2 is 1.77 bits per heavy atom. The summed E-state index contributed by atoms with van der Waals surface area (Å²) in [6.07, 6.45) is 5.17. The lowest BCUT2D eigenvalue weighted by molar-refractivity contribution is -0.384. The van der Waals surface area contributed by atoms with Gasteiger partial charge in [0.2, 0.25) is 0 Å². The lowest BCUT2D eigenvalue weighted by Gasteiger charge is -2.24. The number of carbonyl (C=O) groups excluding carboxylic acids is 1. The van der Waals surface area contributed by atoms with E-state index in [9.17, 15) is 14.9 Å². The fraction of sp³-hybridized carbons (Fsp3) is 0.250. The van der Waals surface area contributed by atoms with Crippen molar-refractivity contribution in [2.75, 3.05) is 17.7 Å². The molecule has 1 fully saturated rings. The van der Waals surface area contributed by atoms with Crippen LogP contribution in [-0.4, -0.2) is 28.8 Å². The number of nitro groups is 1. The van der Waals surface area contributed by atoms with E-state index in [0.29, 0.717) is 28.6 Å². The van der Waals surface area contributed by atoms with Crippen molar-refractivity contribution >= 4 is 34.2 Å². The van der Waals surface area contributed by atoms with Gasteiger partial charge >= 0.3 is 0 Å². The molecule has 0 bridgehead atoms. The van der Waals surface area contributed by atoms with Gasteiger partial charge in [-0.25, -0.2) is 0 Å². The molecule has 1 heterocycles. The summed E-state index contributed by atoms with van der Waals surface area (Å²) >= 11 is 0. The van der Waals surface area contributed by atoms with Crippen LogP contribution in [0.25, 0.3) is 11.3 Å². The molecular weight excluding hydrogens is 440 g/mol. The van der Waals surface area contributed by atoms with Gasteiger partial charge in [-0.1, -0.05) is 55.3 Å². The predicted octanol–water partition coefficient (Wildman–Crippen LogP) is 5.90. The van der Waals surface area contributed by atoms with E-state index < -0.39 is 4.92 Å². The van der Waals surface area contributed by atoms with Crippen molar-refractivity contribution in [2.24, 2.45) is 0 Å². The Bertz CT molecular complexity index is 1280. The third-order valence-corrected chi connectivity index (χ3v) is 6.87. The molecule has 0 spiro atoms. The zero-order valence-electron chi connectivity index (χ0n) is 19.7. The van der Waals surface area contributed by atoms with E-state index in [4.69, 9.17) is 0 Å². The van der Waals surface area contributed by atoms with E-state index in [-0.39, 0.29) is 11.6 Å². The second-order valence-corrected chi connectivity index (χ2v) is 9.23. The molecule has 3 aromatic carbocycles. The van der Waals surface area contributed by atoms with Crippen LogP contribution in [0.3, 0.4) is 0 Å². The van der Waals surface area contributed by atoms with Crippen LogP contribution >= 0.6 is 0 Å². The Morgan fingerprint density at radius 3 is 2.46 bits per heavy atom. The van der Waals surface area contributed by atoms with Gasteiger partial charge < -0.3 is 10.6 Å². The molecule has 7 heteroatoms. The monoisotopic (exact) mass is 468 g/mol. The summed E-state index contributed by atoms with van der Waals surface area (Å²) in [4.78, 5) is 26.4. The average molecular weight is 469 g/mol. The van der Waals surface area contributed by atoms with Gasteiger partial charge in [0.1, 0.15) is 0 Å². The number of nitrogens with one attached hydrogen (secondary N) is 2. The fourth-order valence-corrected chi connectivity index (χ4v) is 5.00. The molecule has 7 nitrogen and oxygen atoms in total. The number of non-ortho nitro benzene ring substituents is 1. The number of benzene rings is 3. The minimum Gasteiger partial charge on any atom is -0.354 e. The SMILES string of the molecule is CN(Cc1ccc(N/C(=C2\C(=O)Nc3ccc([N+](=O)[O-])cc32)c2ccccc2)cc1)C1CCCC1. The Morgan fingerprint density at radius 1 is 1.06 bits per heavy atom. The maximum absolute atomic E-state index is 13.0. The van der Waals surface area contributed by atoms with E-state index in [1.54, 1.807) is 6.07 Å². The molecule has 178 valence electrons. The van der Waals surface area contributed by atoms with Gasteiger partial charge in [0, 0.05) is 41.7 Å². The van der Waals surface area contributed by atoms with Crippen LogP contribution in [0.2, 0.25) is 0 Å².